The minimum absolute atomic E-state index is 1.02. The molecule has 0 bridgehead atoms. The molecule has 1 aromatic carbocycles. The third-order valence-corrected chi connectivity index (χ3v) is 4.03. The van der Waals surface area contributed by atoms with Crippen molar-refractivity contribution in [2.45, 2.75) is 78.7 Å². The highest BCUT2D eigenvalue weighted by molar-refractivity contribution is 5.30. The van der Waals surface area contributed by atoms with Crippen molar-refractivity contribution in [2.75, 3.05) is 6.54 Å². The molecule has 114 valence electrons. The Morgan fingerprint density at radius 1 is 0.850 bits per heavy atom. The van der Waals surface area contributed by atoms with E-state index in [1.54, 1.807) is 0 Å². The molecule has 1 rings (SSSR count). The van der Waals surface area contributed by atoms with Crippen LogP contribution in [0.5, 0.6) is 0 Å². The van der Waals surface area contributed by atoms with Gasteiger partial charge in [-0.25, -0.2) is 0 Å². The molecule has 0 aliphatic carbocycles. The normalized spacial score (nSPS) is 10.9. The predicted molar refractivity (Wildman–Crippen MR) is 90.2 cm³/mol. The average molecular weight is 275 g/mol. The van der Waals surface area contributed by atoms with Crippen LogP contribution in [0.4, 0.5) is 0 Å². The maximum absolute atomic E-state index is 3.58. The van der Waals surface area contributed by atoms with Crippen molar-refractivity contribution in [3.8, 4) is 0 Å². The maximum Gasteiger partial charge on any atom is 0.0208 e. The van der Waals surface area contributed by atoms with Crippen LogP contribution >= 0.6 is 0 Å². The van der Waals surface area contributed by atoms with Gasteiger partial charge in [-0.3, -0.25) is 0 Å². The van der Waals surface area contributed by atoms with E-state index < -0.39 is 0 Å². The van der Waals surface area contributed by atoms with E-state index >= 15 is 0 Å². The summed E-state index contributed by atoms with van der Waals surface area (Å²) in [5.41, 5.74) is 4.21. The van der Waals surface area contributed by atoms with Crippen LogP contribution in [0.2, 0.25) is 0 Å². The first kappa shape index (κ1) is 17.2. The summed E-state index contributed by atoms with van der Waals surface area (Å²) in [5, 5.41) is 3.58. The molecule has 0 spiro atoms. The fourth-order valence-electron chi connectivity index (χ4n) is 2.60. The molecule has 1 nitrogen and oxygen atoms in total. The fourth-order valence-corrected chi connectivity index (χ4v) is 2.60. The van der Waals surface area contributed by atoms with Gasteiger partial charge in [-0.15, -0.1) is 0 Å². The summed E-state index contributed by atoms with van der Waals surface area (Å²) >= 11 is 0. The Balaban J connectivity index is 1.98. The summed E-state index contributed by atoms with van der Waals surface area (Å²) in [7, 11) is 0. The monoisotopic (exact) mass is 275 g/mol. The number of unbranched alkanes of at least 4 members (excludes halogenated alkanes) is 7. The summed E-state index contributed by atoms with van der Waals surface area (Å²) in [6, 6.07) is 6.72. The second kappa shape index (κ2) is 10.9. The lowest BCUT2D eigenvalue weighted by molar-refractivity contribution is 0.554. The molecule has 20 heavy (non-hydrogen) atoms. The molecule has 1 aromatic rings. The number of nitrogens with one attached hydrogen (secondary N) is 1. The van der Waals surface area contributed by atoms with E-state index in [2.05, 4.69) is 44.3 Å². The number of aryl methyl sites for hydroxylation is 2. The summed E-state index contributed by atoms with van der Waals surface area (Å²) in [6.07, 6.45) is 11.2. The molecule has 0 amide bonds. The third kappa shape index (κ3) is 7.69. The molecule has 0 radical (unpaired) electrons. The Labute approximate surface area is 126 Å². The summed E-state index contributed by atoms with van der Waals surface area (Å²) in [5.74, 6) is 0. The van der Waals surface area contributed by atoms with Crippen LogP contribution in [0, 0.1) is 13.8 Å². The molecule has 0 atom stereocenters. The summed E-state index contributed by atoms with van der Waals surface area (Å²) < 4.78 is 0. The fraction of sp³-hybridized carbons (Fsp3) is 0.684. The van der Waals surface area contributed by atoms with Gasteiger partial charge in [0, 0.05) is 6.54 Å². The highest BCUT2D eigenvalue weighted by Gasteiger charge is 1.98. The van der Waals surface area contributed by atoms with Gasteiger partial charge < -0.3 is 5.32 Å². The van der Waals surface area contributed by atoms with Gasteiger partial charge in [0.15, 0.2) is 0 Å². The van der Waals surface area contributed by atoms with Gasteiger partial charge >= 0.3 is 0 Å². The Hall–Kier alpha value is -0.820. The second-order valence-corrected chi connectivity index (χ2v) is 6.08. The molecule has 0 fully saturated rings. The quantitative estimate of drug-likeness (QED) is 0.523. The van der Waals surface area contributed by atoms with Gasteiger partial charge in [0.05, 0.1) is 0 Å². The van der Waals surface area contributed by atoms with Gasteiger partial charge in [0.1, 0.15) is 0 Å². The minimum Gasteiger partial charge on any atom is -0.313 e. The number of hydrogen-bond donors (Lipinski definition) is 1. The van der Waals surface area contributed by atoms with Crippen LogP contribution in [0.1, 0.15) is 75.0 Å². The number of benzene rings is 1. The van der Waals surface area contributed by atoms with E-state index in [1.165, 1.54) is 68.1 Å². The van der Waals surface area contributed by atoms with E-state index in [4.69, 9.17) is 0 Å². The Kier molecular flexibility index (Phi) is 9.40. The largest absolute Gasteiger partial charge is 0.313 e. The third-order valence-electron chi connectivity index (χ3n) is 4.03. The molecule has 0 heterocycles. The molecule has 0 unspecified atom stereocenters. The molecule has 0 aromatic heterocycles. The summed E-state index contributed by atoms with van der Waals surface area (Å²) in [6.45, 7) is 8.82. The Morgan fingerprint density at radius 3 is 2.20 bits per heavy atom. The van der Waals surface area contributed by atoms with Crippen LogP contribution in [0.3, 0.4) is 0 Å². The highest BCUT2D eigenvalue weighted by atomic mass is 14.8. The van der Waals surface area contributed by atoms with Gasteiger partial charge in [-0.05, 0) is 37.9 Å². The van der Waals surface area contributed by atoms with E-state index in [0.717, 1.165) is 13.1 Å². The van der Waals surface area contributed by atoms with Crippen molar-refractivity contribution >= 4 is 0 Å². The first-order valence-corrected chi connectivity index (χ1v) is 8.51. The molecule has 0 aliphatic heterocycles. The molecule has 0 saturated heterocycles. The van der Waals surface area contributed by atoms with Crippen molar-refractivity contribution in [1.29, 1.82) is 0 Å². The van der Waals surface area contributed by atoms with Gasteiger partial charge in [0.25, 0.3) is 0 Å². The number of rotatable bonds is 11. The lowest BCUT2D eigenvalue weighted by Gasteiger charge is -2.09. The van der Waals surface area contributed by atoms with Crippen molar-refractivity contribution in [1.82, 2.24) is 5.32 Å². The number of hydrogen-bond acceptors (Lipinski definition) is 1. The van der Waals surface area contributed by atoms with Crippen LogP contribution in [-0.4, -0.2) is 6.54 Å². The van der Waals surface area contributed by atoms with Crippen LogP contribution in [0.15, 0.2) is 18.2 Å². The maximum atomic E-state index is 3.58. The topological polar surface area (TPSA) is 12.0 Å². The van der Waals surface area contributed by atoms with Gasteiger partial charge in [-0.2, -0.15) is 0 Å². The van der Waals surface area contributed by atoms with Crippen molar-refractivity contribution in [2.24, 2.45) is 0 Å². The molecule has 0 saturated carbocycles. The molecule has 1 heteroatoms. The van der Waals surface area contributed by atoms with Crippen LogP contribution < -0.4 is 5.32 Å². The zero-order valence-corrected chi connectivity index (χ0v) is 13.8. The first-order valence-electron chi connectivity index (χ1n) is 8.51. The van der Waals surface area contributed by atoms with Crippen molar-refractivity contribution in [3.05, 3.63) is 34.9 Å². The average Bonchev–Trinajstić information content (AvgIpc) is 2.44. The van der Waals surface area contributed by atoms with Crippen molar-refractivity contribution < 1.29 is 0 Å². The lowest BCUT2D eigenvalue weighted by atomic mass is 10.1. The van der Waals surface area contributed by atoms with Crippen molar-refractivity contribution in [3.63, 3.8) is 0 Å². The zero-order valence-electron chi connectivity index (χ0n) is 13.8. The van der Waals surface area contributed by atoms with E-state index in [9.17, 15) is 0 Å². The SMILES string of the molecule is CCCCCCCCCCNCc1cc(C)ccc1C. The Morgan fingerprint density at radius 2 is 1.50 bits per heavy atom. The first-order chi connectivity index (χ1) is 9.74. The molecule has 0 aliphatic rings. The van der Waals surface area contributed by atoms with E-state index in [-0.39, 0.29) is 0 Å². The zero-order chi connectivity index (χ0) is 14.6. The lowest BCUT2D eigenvalue weighted by Crippen LogP contribution is -2.15. The molecular weight excluding hydrogens is 242 g/mol. The minimum atomic E-state index is 1.02. The predicted octanol–water partition coefficient (Wildman–Crippen LogP) is 5.53. The van der Waals surface area contributed by atoms with E-state index in [0.29, 0.717) is 0 Å². The van der Waals surface area contributed by atoms with Crippen LogP contribution in [0.25, 0.3) is 0 Å². The standard InChI is InChI=1S/C19H33N/c1-4-5-6-7-8-9-10-11-14-20-16-19-15-17(2)12-13-18(19)3/h12-13,15,20H,4-11,14,16H2,1-3H3. The molecular formula is C19H33N. The van der Waals surface area contributed by atoms with E-state index in [1.807, 2.05) is 0 Å². The van der Waals surface area contributed by atoms with Gasteiger partial charge in [0.2, 0.25) is 0 Å². The Bertz CT molecular complexity index is 357. The summed E-state index contributed by atoms with van der Waals surface area (Å²) in [4.78, 5) is 0. The molecule has 1 N–H and O–H groups in total. The second-order valence-electron chi connectivity index (χ2n) is 6.08. The van der Waals surface area contributed by atoms with Crippen LogP contribution in [-0.2, 0) is 6.54 Å². The van der Waals surface area contributed by atoms with Gasteiger partial charge in [-0.1, -0.05) is 75.6 Å². The smallest absolute Gasteiger partial charge is 0.0208 e. The highest BCUT2D eigenvalue weighted by Crippen LogP contribution is 2.11.